The van der Waals surface area contributed by atoms with Gasteiger partial charge in [-0.3, -0.25) is 0 Å². The van der Waals surface area contributed by atoms with E-state index < -0.39 is 0 Å². The number of fused-ring (bicyclic) bond motifs is 1. The van der Waals surface area contributed by atoms with E-state index in [1.807, 2.05) is 32.0 Å². The number of nitrogens with two attached hydrogens (primary N) is 1. The summed E-state index contributed by atoms with van der Waals surface area (Å²) in [4.78, 5) is 0. The van der Waals surface area contributed by atoms with E-state index in [9.17, 15) is 0 Å². The van der Waals surface area contributed by atoms with Gasteiger partial charge in [0, 0.05) is 10.9 Å². The van der Waals surface area contributed by atoms with E-state index in [1.54, 1.807) is 0 Å². The molecule has 2 rings (SSSR count). The summed E-state index contributed by atoms with van der Waals surface area (Å²) in [6.07, 6.45) is 1.79. The maximum absolute atomic E-state index is 5.95. The van der Waals surface area contributed by atoms with Crippen LogP contribution in [0, 0.1) is 0 Å². The molecular weight excluding hydrogens is 198 g/mol. The minimum atomic E-state index is -0.146. The molecule has 3 nitrogen and oxygen atoms in total. The number of nitrogens with zero attached hydrogens (tertiary/aromatic N) is 2. The molecule has 0 atom stereocenters. The molecule has 1 heterocycles. The Bertz CT molecular complexity index is 486. The second-order valence-electron chi connectivity index (χ2n) is 4.88. The summed E-state index contributed by atoms with van der Waals surface area (Å²) in [6.45, 7) is 4.06. The molecule has 0 aliphatic rings. The summed E-state index contributed by atoms with van der Waals surface area (Å²) in [5.74, 6) is 0. The molecule has 0 unspecified atom stereocenters. The van der Waals surface area contributed by atoms with Crippen LogP contribution in [0.25, 0.3) is 10.9 Å². The van der Waals surface area contributed by atoms with Gasteiger partial charge in [-0.2, -0.15) is 10.2 Å². The second-order valence-corrected chi connectivity index (χ2v) is 4.88. The Morgan fingerprint density at radius 1 is 1.19 bits per heavy atom. The van der Waals surface area contributed by atoms with Crippen LogP contribution in [-0.2, 0) is 6.42 Å². The monoisotopic (exact) mass is 215 g/mol. The smallest absolute Gasteiger partial charge is 0.0929 e. The highest BCUT2D eigenvalue weighted by atomic mass is 15.1. The first-order valence-electron chi connectivity index (χ1n) is 5.55. The van der Waals surface area contributed by atoms with Crippen LogP contribution in [0.1, 0.15) is 26.0 Å². The fourth-order valence-electron chi connectivity index (χ4n) is 1.60. The maximum atomic E-state index is 5.95. The molecule has 0 saturated heterocycles. The van der Waals surface area contributed by atoms with Gasteiger partial charge in [-0.1, -0.05) is 18.2 Å². The third-order valence-electron chi connectivity index (χ3n) is 2.57. The fourth-order valence-corrected chi connectivity index (χ4v) is 1.60. The van der Waals surface area contributed by atoms with Gasteiger partial charge >= 0.3 is 0 Å². The van der Waals surface area contributed by atoms with Gasteiger partial charge in [-0.15, -0.1) is 0 Å². The number of aryl methyl sites for hydroxylation is 1. The third kappa shape index (κ3) is 2.76. The van der Waals surface area contributed by atoms with Crippen LogP contribution in [0.15, 0.2) is 30.3 Å². The van der Waals surface area contributed by atoms with Gasteiger partial charge in [0.15, 0.2) is 0 Å². The van der Waals surface area contributed by atoms with E-state index in [0.717, 1.165) is 29.4 Å². The van der Waals surface area contributed by atoms with E-state index in [2.05, 4.69) is 22.3 Å². The average molecular weight is 215 g/mol. The first-order chi connectivity index (χ1) is 7.54. The summed E-state index contributed by atoms with van der Waals surface area (Å²) in [5.41, 5.74) is 7.76. The highest BCUT2D eigenvalue weighted by molar-refractivity contribution is 5.77. The zero-order valence-electron chi connectivity index (χ0n) is 9.77. The molecule has 0 radical (unpaired) electrons. The molecule has 84 valence electrons. The molecule has 2 aromatic rings. The Morgan fingerprint density at radius 3 is 2.69 bits per heavy atom. The zero-order valence-corrected chi connectivity index (χ0v) is 9.77. The number of benzene rings is 1. The predicted molar refractivity (Wildman–Crippen MR) is 66.1 cm³/mol. The molecule has 0 aliphatic carbocycles. The van der Waals surface area contributed by atoms with Crippen molar-refractivity contribution in [2.75, 3.05) is 0 Å². The minimum Gasteiger partial charge on any atom is -0.326 e. The Hall–Kier alpha value is -1.48. The number of hydrogen-bond acceptors (Lipinski definition) is 3. The second kappa shape index (κ2) is 4.18. The quantitative estimate of drug-likeness (QED) is 0.854. The van der Waals surface area contributed by atoms with Gasteiger partial charge in [0.25, 0.3) is 0 Å². The maximum Gasteiger partial charge on any atom is 0.0929 e. The lowest BCUT2D eigenvalue weighted by atomic mass is 9.98. The van der Waals surface area contributed by atoms with Crippen molar-refractivity contribution >= 4 is 10.9 Å². The molecule has 0 aliphatic heterocycles. The standard InChI is InChI=1S/C13H17N3/c1-13(2,14)8-7-11-9-10-5-3-4-6-12(10)16-15-11/h3-6,9H,7-8,14H2,1-2H3. The van der Waals surface area contributed by atoms with Crippen molar-refractivity contribution in [3.8, 4) is 0 Å². The van der Waals surface area contributed by atoms with Gasteiger partial charge in [0.1, 0.15) is 0 Å². The lowest BCUT2D eigenvalue weighted by Crippen LogP contribution is -2.32. The molecule has 0 amide bonds. The van der Waals surface area contributed by atoms with Crippen molar-refractivity contribution in [2.45, 2.75) is 32.2 Å². The summed E-state index contributed by atoms with van der Waals surface area (Å²) < 4.78 is 0. The van der Waals surface area contributed by atoms with Crippen molar-refractivity contribution in [3.63, 3.8) is 0 Å². The Kier molecular flexibility index (Phi) is 2.88. The Balaban J connectivity index is 2.20. The summed E-state index contributed by atoms with van der Waals surface area (Å²) in [7, 11) is 0. The van der Waals surface area contributed by atoms with Crippen LogP contribution < -0.4 is 5.73 Å². The van der Waals surface area contributed by atoms with Crippen LogP contribution in [0.2, 0.25) is 0 Å². The van der Waals surface area contributed by atoms with Crippen molar-refractivity contribution in [2.24, 2.45) is 5.73 Å². The van der Waals surface area contributed by atoms with Gasteiger partial charge in [-0.05, 0) is 38.8 Å². The molecule has 1 aromatic carbocycles. The van der Waals surface area contributed by atoms with E-state index in [-0.39, 0.29) is 5.54 Å². The highest BCUT2D eigenvalue weighted by Crippen LogP contribution is 2.14. The summed E-state index contributed by atoms with van der Waals surface area (Å²) in [6, 6.07) is 10.1. The van der Waals surface area contributed by atoms with E-state index in [0.29, 0.717) is 0 Å². The molecule has 0 bridgehead atoms. The largest absolute Gasteiger partial charge is 0.326 e. The SMILES string of the molecule is CC(C)(N)CCc1cc2ccccc2nn1. The first-order valence-corrected chi connectivity index (χ1v) is 5.55. The van der Waals surface area contributed by atoms with Crippen molar-refractivity contribution in [1.29, 1.82) is 0 Å². The molecule has 3 heteroatoms. The van der Waals surface area contributed by atoms with Crippen molar-refractivity contribution in [1.82, 2.24) is 10.2 Å². The van der Waals surface area contributed by atoms with Gasteiger partial charge in [0.2, 0.25) is 0 Å². The van der Waals surface area contributed by atoms with Crippen LogP contribution in [-0.4, -0.2) is 15.7 Å². The number of hydrogen-bond donors (Lipinski definition) is 1. The van der Waals surface area contributed by atoms with Crippen LogP contribution >= 0.6 is 0 Å². The van der Waals surface area contributed by atoms with Gasteiger partial charge in [0.05, 0.1) is 11.2 Å². The Morgan fingerprint density at radius 2 is 1.94 bits per heavy atom. The minimum absolute atomic E-state index is 0.146. The summed E-state index contributed by atoms with van der Waals surface area (Å²) >= 11 is 0. The molecule has 2 N–H and O–H groups in total. The van der Waals surface area contributed by atoms with Crippen molar-refractivity contribution in [3.05, 3.63) is 36.0 Å². The normalized spacial score (nSPS) is 11.9. The zero-order chi connectivity index (χ0) is 11.6. The molecule has 0 spiro atoms. The van der Waals surface area contributed by atoms with Crippen LogP contribution in [0.5, 0.6) is 0 Å². The fraction of sp³-hybridized carbons (Fsp3) is 0.385. The molecule has 0 fully saturated rings. The lowest BCUT2D eigenvalue weighted by Gasteiger charge is -2.17. The molecular formula is C13H17N3. The third-order valence-corrected chi connectivity index (χ3v) is 2.57. The van der Waals surface area contributed by atoms with E-state index >= 15 is 0 Å². The topological polar surface area (TPSA) is 51.8 Å². The Labute approximate surface area is 95.7 Å². The van der Waals surface area contributed by atoms with Gasteiger partial charge < -0.3 is 5.73 Å². The first kappa shape index (κ1) is 11.0. The molecule has 16 heavy (non-hydrogen) atoms. The van der Waals surface area contributed by atoms with Crippen molar-refractivity contribution < 1.29 is 0 Å². The lowest BCUT2D eigenvalue weighted by molar-refractivity contribution is 0.473. The average Bonchev–Trinajstić information content (AvgIpc) is 2.25. The van der Waals surface area contributed by atoms with E-state index in [1.165, 1.54) is 0 Å². The van der Waals surface area contributed by atoms with Crippen LogP contribution in [0.4, 0.5) is 0 Å². The highest BCUT2D eigenvalue weighted by Gasteiger charge is 2.11. The molecule has 1 aromatic heterocycles. The molecule has 0 saturated carbocycles. The summed E-state index contributed by atoms with van der Waals surface area (Å²) in [5, 5.41) is 9.54. The number of rotatable bonds is 3. The predicted octanol–water partition coefficient (Wildman–Crippen LogP) is 2.30. The van der Waals surface area contributed by atoms with E-state index in [4.69, 9.17) is 5.73 Å². The van der Waals surface area contributed by atoms with Gasteiger partial charge in [-0.25, -0.2) is 0 Å². The number of aromatic nitrogens is 2. The van der Waals surface area contributed by atoms with Crippen LogP contribution in [0.3, 0.4) is 0 Å².